The molecule has 0 saturated heterocycles. The van der Waals surface area contributed by atoms with Gasteiger partial charge in [0.1, 0.15) is 5.56 Å². The second-order valence-corrected chi connectivity index (χ2v) is 5.52. The number of aromatic carboxylic acids is 1. The van der Waals surface area contributed by atoms with Crippen molar-refractivity contribution >= 4 is 29.3 Å². The van der Waals surface area contributed by atoms with E-state index in [4.69, 9.17) is 5.11 Å². The molecule has 0 spiro atoms. The quantitative estimate of drug-likeness (QED) is 0.766. The van der Waals surface area contributed by atoms with Gasteiger partial charge in [0.2, 0.25) is 5.91 Å². The molecule has 21 heavy (non-hydrogen) atoms. The molecule has 0 atom stereocenters. The Kier molecular flexibility index (Phi) is 5.05. The summed E-state index contributed by atoms with van der Waals surface area (Å²) in [6.45, 7) is 1.66. The van der Waals surface area contributed by atoms with Crippen LogP contribution in [0.3, 0.4) is 0 Å². The zero-order chi connectivity index (χ0) is 15.2. The van der Waals surface area contributed by atoms with E-state index >= 15 is 0 Å². The van der Waals surface area contributed by atoms with E-state index in [1.54, 1.807) is 6.92 Å². The van der Waals surface area contributed by atoms with Crippen LogP contribution in [0.4, 0.5) is 5.69 Å². The van der Waals surface area contributed by atoms with Crippen LogP contribution in [0, 0.1) is 6.92 Å². The first kappa shape index (κ1) is 15.2. The third kappa shape index (κ3) is 4.13. The Labute approximate surface area is 126 Å². The van der Waals surface area contributed by atoms with Crippen LogP contribution in [-0.2, 0) is 10.5 Å². The normalized spacial score (nSPS) is 10.3. The largest absolute Gasteiger partial charge is 0.478 e. The van der Waals surface area contributed by atoms with E-state index in [2.05, 4.69) is 10.3 Å². The number of carboxylic acids is 1. The number of aryl methyl sites for hydroxylation is 1. The maximum absolute atomic E-state index is 11.8. The number of hydrogen-bond acceptors (Lipinski definition) is 3. The van der Waals surface area contributed by atoms with Crippen LogP contribution in [0.5, 0.6) is 0 Å². The summed E-state index contributed by atoms with van der Waals surface area (Å²) in [5.74, 6) is -0.247. The summed E-state index contributed by atoms with van der Waals surface area (Å²) < 4.78 is 0. The van der Waals surface area contributed by atoms with Gasteiger partial charge in [-0.2, -0.15) is 0 Å². The molecule has 0 unspecified atom stereocenters. The molecule has 0 saturated carbocycles. The number of anilines is 1. The predicted octanol–water partition coefficient (Wildman–Crippen LogP) is 2.89. The number of H-pyrrole nitrogens is 1. The van der Waals surface area contributed by atoms with Crippen molar-refractivity contribution in [3.8, 4) is 0 Å². The molecule has 0 aliphatic rings. The highest BCUT2D eigenvalue weighted by Crippen LogP contribution is 2.19. The molecular weight excluding hydrogens is 288 g/mol. The van der Waals surface area contributed by atoms with E-state index in [9.17, 15) is 9.59 Å². The van der Waals surface area contributed by atoms with Gasteiger partial charge in [-0.15, -0.1) is 11.8 Å². The molecule has 2 aromatic rings. The van der Waals surface area contributed by atoms with Crippen LogP contribution in [0.2, 0.25) is 0 Å². The first-order valence-corrected chi connectivity index (χ1v) is 7.56. The summed E-state index contributed by atoms with van der Waals surface area (Å²) in [6, 6.07) is 9.86. The molecule has 0 fully saturated rings. The highest BCUT2D eigenvalue weighted by atomic mass is 32.2. The average molecular weight is 304 g/mol. The maximum Gasteiger partial charge on any atom is 0.339 e. The lowest BCUT2D eigenvalue weighted by Crippen LogP contribution is -2.16. The lowest BCUT2D eigenvalue weighted by atomic mass is 10.2. The van der Waals surface area contributed by atoms with E-state index in [0.717, 1.165) is 11.3 Å². The number of carboxylic acid groups (broad SMARTS) is 1. The molecule has 5 nitrogen and oxygen atoms in total. The number of carbonyl (C=O) groups excluding carboxylic acids is 1. The van der Waals surface area contributed by atoms with Crippen LogP contribution >= 0.6 is 11.8 Å². The molecule has 1 aromatic heterocycles. The van der Waals surface area contributed by atoms with Gasteiger partial charge in [0, 0.05) is 17.6 Å². The monoisotopic (exact) mass is 304 g/mol. The molecule has 1 heterocycles. The summed E-state index contributed by atoms with van der Waals surface area (Å²) in [7, 11) is 0. The van der Waals surface area contributed by atoms with E-state index in [0.29, 0.717) is 11.4 Å². The minimum atomic E-state index is -1.05. The van der Waals surface area contributed by atoms with Crippen molar-refractivity contribution in [1.82, 2.24) is 4.98 Å². The predicted molar refractivity (Wildman–Crippen MR) is 83.7 cm³/mol. The molecule has 3 N–H and O–H groups in total. The Bertz CT molecular complexity index is 638. The number of benzene rings is 1. The fraction of sp³-hybridized carbons (Fsp3) is 0.200. The van der Waals surface area contributed by atoms with Gasteiger partial charge in [0.25, 0.3) is 0 Å². The van der Waals surface area contributed by atoms with Crippen LogP contribution in [0.25, 0.3) is 0 Å². The Morgan fingerprint density at radius 3 is 2.67 bits per heavy atom. The highest BCUT2D eigenvalue weighted by Gasteiger charge is 2.16. The second-order valence-electron chi connectivity index (χ2n) is 4.53. The minimum absolute atomic E-state index is 0.108. The van der Waals surface area contributed by atoms with E-state index in [1.807, 2.05) is 30.3 Å². The maximum atomic E-state index is 11.8. The van der Waals surface area contributed by atoms with Gasteiger partial charge in [-0.3, -0.25) is 4.79 Å². The lowest BCUT2D eigenvalue weighted by molar-refractivity contribution is -0.113. The topological polar surface area (TPSA) is 82.2 Å². The van der Waals surface area contributed by atoms with Gasteiger partial charge in [-0.05, 0) is 12.5 Å². The van der Waals surface area contributed by atoms with Gasteiger partial charge in [0.15, 0.2) is 0 Å². The Morgan fingerprint density at radius 1 is 1.29 bits per heavy atom. The molecule has 110 valence electrons. The zero-order valence-electron chi connectivity index (χ0n) is 11.6. The van der Waals surface area contributed by atoms with E-state index in [-0.39, 0.29) is 17.2 Å². The van der Waals surface area contributed by atoms with Crippen molar-refractivity contribution in [3.05, 3.63) is 53.3 Å². The van der Waals surface area contributed by atoms with E-state index < -0.39 is 5.97 Å². The first-order valence-electron chi connectivity index (χ1n) is 6.40. The molecule has 6 heteroatoms. The fourth-order valence-electron chi connectivity index (χ4n) is 1.92. The van der Waals surface area contributed by atoms with Crippen molar-refractivity contribution in [2.45, 2.75) is 12.7 Å². The first-order chi connectivity index (χ1) is 10.1. The number of rotatable bonds is 6. The van der Waals surface area contributed by atoms with Crippen LogP contribution in [0.1, 0.15) is 21.6 Å². The van der Waals surface area contributed by atoms with E-state index in [1.165, 1.54) is 18.0 Å². The zero-order valence-corrected chi connectivity index (χ0v) is 12.4. The number of carbonyl (C=O) groups is 2. The van der Waals surface area contributed by atoms with Crippen molar-refractivity contribution in [1.29, 1.82) is 0 Å². The Balaban J connectivity index is 1.86. The van der Waals surface area contributed by atoms with Crippen LogP contribution < -0.4 is 5.32 Å². The molecule has 1 amide bonds. The third-order valence-corrected chi connectivity index (χ3v) is 3.91. The average Bonchev–Trinajstić information content (AvgIpc) is 2.81. The summed E-state index contributed by atoms with van der Waals surface area (Å²) in [6.07, 6.45) is 1.50. The SMILES string of the molecule is Cc1[nH]cc(NC(=O)CSCc2ccccc2)c1C(=O)O. The highest BCUT2D eigenvalue weighted by molar-refractivity contribution is 7.99. The molecule has 0 aliphatic heterocycles. The standard InChI is InChI=1S/C15H16N2O3S/c1-10-14(15(19)20)12(7-16-10)17-13(18)9-21-8-11-5-3-2-4-6-11/h2-7,16H,8-9H2,1H3,(H,17,18)(H,19,20). The number of amides is 1. The van der Waals surface area contributed by atoms with Gasteiger partial charge in [0.05, 0.1) is 11.4 Å². The molecule has 0 bridgehead atoms. The van der Waals surface area contributed by atoms with Gasteiger partial charge < -0.3 is 15.4 Å². The van der Waals surface area contributed by atoms with Crippen molar-refractivity contribution in [2.75, 3.05) is 11.1 Å². The molecule has 0 radical (unpaired) electrons. The number of hydrogen-bond donors (Lipinski definition) is 3. The summed E-state index contributed by atoms with van der Waals surface area (Å²) in [4.78, 5) is 25.8. The summed E-state index contributed by atoms with van der Waals surface area (Å²) >= 11 is 1.49. The summed E-state index contributed by atoms with van der Waals surface area (Å²) in [5, 5.41) is 11.7. The van der Waals surface area contributed by atoms with Crippen molar-refractivity contribution in [2.24, 2.45) is 0 Å². The van der Waals surface area contributed by atoms with Crippen LogP contribution in [0.15, 0.2) is 36.5 Å². The molecule has 2 rings (SSSR count). The number of aromatic amines is 1. The number of aromatic nitrogens is 1. The van der Waals surface area contributed by atoms with Crippen molar-refractivity contribution < 1.29 is 14.7 Å². The van der Waals surface area contributed by atoms with Gasteiger partial charge in [-0.1, -0.05) is 30.3 Å². The molecule has 1 aromatic carbocycles. The Hall–Kier alpha value is -2.21. The third-order valence-electron chi connectivity index (χ3n) is 2.91. The Morgan fingerprint density at radius 2 is 2.00 bits per heavy atom. The molecule has 0 aliphatic carbocycles. The van der Waals surface area contributed by atoms with Crippen LogP contribution in [-0.4, -0.2) is 27.7 Å². The van der Waals surface area contributed by atoms with Gasteiger partial charge >= 0.3 is 5.97 Å². The van der Waals surface area contributed by atoms with Gasteiger partial charge in [-0.25, -0.2) is 4.79 Å². The summed E-state index contributed by atoms with van der Waals surface area (Å²) in [5.41, 5.74) is 2.09. The molecular formula is C15H16N2O3S. The lowest BCUT2D eigenvalue weighted by Gasteiger charge is -2.05. The number of nitrogens with one attached hydrogen (secondary N) is 2. The number of thioether (sulfide) groups is 1. The second kappa shape index (κ2) is 6.99. The minimum Gasteiger partial charge on any atom is -0.478 e. The fourth-order valence-corrected chi connectivity index (χ4v) is 2.71. The van der Waals surface area contributed by atoms with Crippen molar-refractivity contribution in [3.63, 3.8) is 0 Å². The smallest absolute Gasteiger partial charge is 0.339 e.